The second kappa shape index (κ2) is 14.1. The van der Waals surface area contributed by atoms with Crippen molar-refractivity contribution < 1.29 is 17.9 Å². The molecule has 0 saturated carbocycles. The molecule has 0 spiro atoms. The number of carbonyl (C=O) groups is 1. The van der Waals surface area contributed by atoms with Gasteiger partial charge in [0.2, 0.25) is 0 Å². The molecule has 0 aliphatic rings. The zero-order valence-corrected chi connectivity index (χ0v) is 30.6. The van der Waals surface area contributed by atoms with Gasteiger partial charge in [0.05, 0.1) is 17.8 Å². The van der Waals surface area contributed by atoms with Gasteiger partial charge in [-0.3, -0.25) is 9.48 Å². The molecule has 0 aliphatic heterocycles. The number of halogens is 1. The molecule has 1 amide bonds. The number of pyridine rings is 1. The number of ether oxygens (including phenoxy) is 1. The number of nitrogens with one attached hydrogen (secondary N) is 1. The summed E-state index contributed by atoms with van der Waals surface area (Å²) in [5.41, 5.74) is 10.7. The van der Waals surface area contributed by atoms with E-state index in [2.05, 4.69) is 46.3 Å². The quantitative estimate of drug-likeness (QED) is 0.138. The highest BCUT2D eigenvalue weighted by atomic mass is 35.5. The zero-order chi connectivity index (χ0) is 35.7. The standard InChI is InChI=1S/C39H40ClN5O4S/c1-24-20-31(21-25(2)37(24)40)49-19-11-16-32-27(4)45(38-33(32)14-10-15-34(38)36-26(3)42-44(6)28(36)5)23-29-12-9-13-30(22-29)39(46)43-50(47,48)35-17-7-8-18-41-35/h7-10,12-15,17-18,20-22H,11,16,19,23H2,1-6H3,(H,43,46). The van der Waals surface area contributed by atoms with Crippen molar-refractivity contribution in [3.63, 3.8) is 0 Å². The van der Waals surface area contributed by atoms with Crippen LogP contribution in [-0.2, 0) is 30.0 Å². The van der Waals surface area contributed by atoms with Crippen LogP contribution in [0.4, 0.5) is 0 Å². The molecule has 1 N–H and O–H groups in total. The third-order valence-corrected chi connectivity index (χ3v) is 11.0. The molecule has 3 heterocycles. The number of hydrogen-bond acceptors (Lipinski definition) is 6. The normalized spacial score (nSPS) is 11.7. The van der Waals surface area contributed by atoms with Crippen LogP contribution < -0.4 is 9.46 Å². The predicted molar refractivity (Wildman–Crippen MR) is 198 cm³/mol. The first-order valence-electron chi connectivity index (χ1n) is 16.4. The highest BCUT2D eigenvalue weighted by Crippen LogP contribution is 2.38. The summed E-state index contributed by atoms with van der Waals surface area (Å²) in [5, 5.41) is 6.40. The lowest BCUT2D eigenvalue weighted by Crippen LogP contribution is -2.31. The minimum Gasteiger partial charge on any atom is -0.494 e. The Labute approximate surface area is 297 Å². The van der Waals surface area contributed by atoms with Gasteiger partial charge < -0.3 is 9.30 Å². The van der Waals surface area contributed by atoms with Crippen LogP contribution in [0.1, 0.15) is 56.1 Å². The van der Waals surface area contributed by atoms with Crippen molar-refractivity contribution in [3.05, 3.63) is 129 Å². The van der Waals surface area contributed by atoms with Gasteiger partial charge in [0.25, 0.3) is 15.9 Å². The number of sulfonamides is 1. The third-order valence-electron chi connectivity index (χ3n) is 9.17. The van der Waals surface area contributed by atoms with Crippen LogP contribution in [0.3, 0.4) is 0 Å². The lowest BCUT2D eigenvalue weighted by molar-refractivity contribution is 0.0981. The SMILES string of the molecule is Cc1cc(OCCCc2c(C)n(Cc3cccc(C(=O)NS(=O)(=O)c4ccccn4)c3)c3c(-c4c(C)nn(C)c4C)cccc23)cc(C)c1Cl. The van der Waals surface area contributed by atoms with Crippen LogP contribution in [0.5, 0.6) is 5.75 Å². The number of aromatic nitrogens is 4. The summed E-state index contributed by atoms with van der Waals surface area (Å²) in [5.74, 6) is 0.0887. The average molecular weight is 710 g/mol. The van der Waals surface area contributed by atoms with Crippen molar-refractivity contribution in [2.45, 2.75) is 59.0 Å². The molecule has 6 aromatic rings. The second-order valence-electron chi connectivity index (χ2n) is 12.6. The van der Waals surface area contributed by atoms with Gasteiger partial charge in [-0.1, -0.05) is 48.0 Å². The number of benzene rings is 3. The maximum Gasteiger partial charge on any atom is 0.281 e. The Balaban J connectivity index is 1.34. The Morgan fingerprint density at radius 2 is 1.66 bits per heavy atom. The largest absolute Gasteiger partial charge is 0.494 e. The van der Waals surface area contributed by atoms with Gasteiger partial charge in [-0.2, -0.15) is 13.5 Å². The van der Waals surface area contributed by atoms with E-state index in [4.69, 9.17) is 21.4 Å². The molecule has 3 aromatic carbocycles. The predicted octanol–water partition coefficient (Wildman–Crippen LogP) is 7.81. The van der Waals surface area contributed by atoms with E-state index in [1.165, 1.54) is 17.8 Å². The number of fused-ring (bicyclic) bond motifs is 1. The topological polar surface area (TPSA) is 108 Å². The molecular formula is C39H40ClN5O4S. The zero-order valence-electron chi connectivity index (χ0n) is 29.0. The van der Waals surface area contributed by atoms with Crippen LogP contribution in [0.2, 0.25) is 5.02 Å². The monoisotopic (exact) mass is 709 g/mol. The van der Waals surface area contributed by atoms with Crippen molar-refractivity contribution in [1.82, 2.24) is 24.1 Å². The summed E-state index contributed by atoms with van der Waals surface area (Å²) in [4.78, 5) is 17.1. The van der Waals surface area contributed by atoms with E-state index in [1.807, 2.05) is 50.7 Å². The Morgan fingerprint density at radius 1 is 0.920 bits per heavy atom. The summed E-state index contributed by atoms with van der Waals surface area (Å²) < 4.78 is 38.2. The molecule has 0 unspecified atom stereocenters. The second-order valence-corrected chi connectivity index (χ2v) is 14.7. The van der Waals surface area contributed by atoms with Gasteiger partial charge in [-0.15, -0.1) is 0 Å². The molecule has 9 nitrogen and oxygen atoms in total. The van der Waals surface area contributed by atoms with Crippen molar-refractivity contribution in [2.75, 3.05) is 6.61 Å². The fourth-order valence-corrected chi connectivity index (χ4v) is 7.68. The highest BCUT2D eigenvalue weighted by molar-refractivity contribution is 7.90. The number of para-hydroxylation sites is 1. The van der Waals surface area contributed by atoms with E-state index in [1.54, 1.807) is 30.3 Å². The van der Waals surface area contributed by atoms with E-state index in [0.717, 1.165) is 79.4 Å². The third kappa shape index (κ3) is 6.90. The van der Waals surface area contributed by atoms with Crippen molar-refractivity contribution in [2.24, 2.45) is 7.05 Å². The molecule has 50 heavy (non-hydrogen) atoms. The van der Waals surface area contributed by atoms with Crippen LogP contribution in [-0.4, -0.2) is 40.3 Å². The first-order valence-corrected chi connectivity index (χ1v) is 18.3. The molecule has 6 rings (SSSR count). The summed E-state index contributed by atoms with van der Waals surface area (Å²) in [6.45, 7) is 11.2. The molecule has 0 fully saturated rings. The summed E-state index contributed by atoms with van der Waals surface area (Å²) in [7, 11) is -2.17. The molecule has 0 bridgehead atoms. The van der Waals surface area contributed by atoms with Gasteiger partial charge in [-0.05, 0) is 106 Å². The molecule has 3 aromatic heterocycles. The lowest BCUT2D eigenvalue weighted by Gasteiger charge is -2.14. The molecule has 0 radical (unpaired) electrons. The molecule has 0 atom stereocenters. The number of rotatable bonds is 11. The van der Waals surface area contributed by atoms with E-state index >= 15 is 0 Å². The summed E-state index contributed by atoms with van der Waals surface area (Å²) in [6.07, 6.45) is 2.97. The minimum atomic E-state index is -4.13. The van der Waals surface area contributed by atoms with E-state index in [-0.39, 0.29) is 10.6 Å². The summed E-state index contributed by atoms with van der Waals surface area (Å²) >= 11 is 6.37. The van der Waals surface area contributed by atoms with E-state index in [0.29, 0.717) is 13.2 Å². The maximum absolute atomic E-state index is 13.2. The Bertz CT molecular complexity index is 2320. The molecule has 11 heteroatoms. The van der Waals surface area contributed by atoms with Gasteiger partial charge in [0.15, 0.2) is 5.03 Å². The number of hydrogen-bond donors (Lipinski definition) is 1. The van der Waals surface area contributed by atoms with Gasteiger partial charge in [0, 0.05) is 58.3 Å². The Morgan fingerprint density at radius 3 is 2.34 bits per heavy atom. The molecule has 258 valence electrons. The van der Waals surface area contributed by atoms with Crippen LogP contribution in [0, 0.1) is 34.6 Å². The number of amides is 1. The Kier molecular flexibility index (Phi) is 9.87. The Hall–Kier alpha value is -4.93. The number of aryl methyl sites for hydroxylation is 5. The summed E-state index contributed by atoms with van der Waals surface area (Å²) in [6, 6.07) is 21.9. The first kappa shape index (κ1) is 34.9. The van der Waals surface area contributed by atoms with Crippen LogP contribution in [0.15, 0.2) is 84.0 Å². The molecule has 0 saturated heterocycles. The number of carbonyl (C=O) groups excluding carboxylic acids is 1. The van der Waals surface area contributed by atoms with Gasteiger partial charge >= 0.3 is 0 Å². The minimum absolute atomic E-state index is 0.219. The average Bonchev–Trinajstić information content (AvgIpc) is 3.51. The van der Waals surface area contributed by atoms with E-state index in [9.17, 15) is 13.2 Å². The van der Waals surface area contributed by atoms with Crippen molar-refractivity contribution in [3.8, 4) is 16.9 Å². The fraction of sp³-hybridized carbons (Fsp3) is 0.256. The van der Waals surface area contributed by atoms with Crippen molar-refractivity contribution >= 4 is 38.4 Å². The van der Waals surface area contributed by atoms with E-state index < -0.39 is 15.9 Å². The van der Waals surface area contributed by atoms with Crippen LogP contribution in [0.25, 0.3) is 22.0 Å². The smallest absolute Gasteiger partial charge is 0.281 e. The van der Waals surface area contributed by atoms with Gasteiger partial charge in [0.1, 0.15) is 5.75 Å². The fourth-order valence-electron chi connectivity index (χ4n) is 6.64. The molecular weight excluding hydrogens is 670 g/mol. The highest BCUT2D eigenvalue weighted by Gasteiger charge is 2.23. The molecule has 0 aliphatic carbocycles. The van der Waals surface area contributed by atoms with Crippen molar-refractivity contribution in [1.29, 1.82) is 0 Å². The first-order chi connectivity index (χ1) is 23.9. The maximum atomic E-state index is 13.2. The number of nitrogens with zero attached hydrogens (tertiary/aromatic N) is 4. The lowest BCUT2D eigenvalue weighted by atomic mass is 9.98. The van der Waals surface area contributed by atoms with Crippen LogP contribution >= 0.6 is 11.6 Å². The van der Waals surface area contributed by atoms with Gasteiger partial charge in [-0.25, -0.2) is 9.71 Å².